The summed E-state index contributed by atoms with van der Waals surface area (Å²) in [6, 6.07) is 17.0. The molecule has 0 aromatic heterocycles. The fraction of sp³-hybridized carbons (Fsp3) is 0.400. The molecule has 7 heteroatoms. The molecular formula is C25H30N2O5. The van der Waals surface area contributed by atoms with Gasteiger partial charge in [0.2, 0.25) is 5.91 Å². The van der Waals surface area contributed by atoms with Crippen LogP contribution in [0.25, 0.3) is 11.1 Å². The zero-order valence-electron chi connectivity index (χ0n) is 18.2. The maximum absolute atomic E-state index is 12.7. The lowest BCUT2D eigenvalue weighted by Gasteiger charge is -2.24. The van der Waals surface area contributed by atoms with Crippen molar-refractivity contribution in [2.75, 3.05) is 13.1 Å². The number of nitrogens with one attached hydrogen (secondary N) is 1. The van der Waals surface area contributed by atoms with E-state index in [2.05, 4.69) is 5.32 Å². The summed E-state index contributed by atoms with van der Waals surface area (Å²) < 4.78 is 0. The summed E-state index contributed by atoms with van der Waals surface area (Å²) in [5.74, 6) is -2.71. The number of hydrogen-bond donors (Lipinski definition) is 3. The maximum Gasteiger partial charge on any atom is 0.320 e. The van der Waals surface area contributed by atoms with Crippen LogP contribution in [0, 0.1) is 5.92 Å². The molecule has 0 aliphatic carbocycles. The van der Waals surface area contributed by atoms with Crippen LogP contribution >= 0.6 is 0 Å². The average Bonchev–Trinajstić information content (AvgIpc) is 3.23. The Balaban J connectivity index is 1.66. The Bertz CT molecular complexity index is 929. The molecule has 32 heavy (non-hydrogen) atoms. The highest BCUT2D eigenvalue weighted by molar-refractivity contribution is 5.80. The second-order valence-electron chi connectivity index (χ2n) is 8.47. The first-order valence-electron chi connectivity index (χ1n) is 11.0. The van der Waals surface area contributed by atoms with Crippen LogP contribution in [0.1, 0.15) is 31.7 Å². The molecular weight excluding hydrogens is 408 g/mol. The summed E-state index contributed by atoms with van der Waals surface area (Å²) in [6.45, 7) is 2.20. The molecule has 2 aromatic rings. The Labute approximate surface area is 188 Å². The van der Waals surface area contributed by atoms with Crippen molar-refractivity contribution in [3.05, 3.63) is 60.2 Å². The number of benzene rings is 2. The van der Waals surface area contributed by atoms with E-state index in [4.69, 9.17) is 0 Å². The van der Waals surface area contributed by atoms with E-state index in [0.717, 1.165) is 23.1 Å². The Kier molecular flexibility index (Phi) is 8.00. The lowest BCUT2D eigenvalue weighted by atomic mass is 9.95. The van der Waals surface area contributed by atoms with Gasteiger partial charge in [0.1, 0.15) is 6.04 Å². The molecule has 1 aliphatic rings. The van der Waals surface area contributed by atoms with Gasteiger partial charge < -0.3 is 15.5 Å². The van der Waals surface area contributed by atoms with E-state index in [0.29, 0.717) is 25.8 Å². The molecule has 1 fully saturated rings. The Morgan fingerprint density at radius 3 is 2.31 bits per heavy atom. The first kappa shape index (κ1) is 23.5. The minimum absolute atomic E-state index is 0.00185. The number of aliphatic carboxylic acids is 2. The molecule has 0 bridgehead atoms. The second kappa shape index (κ2) is 10.9. The summed E-state index contributed by atoms with van der Waals surface area (Å²) in [5, 5.41) is 21.6. The fourth-order valence-corrected chi connectivity index (χ4v) is 4.22. The van der Waals surface area contributed by atoms with Gasteiger partial charge >= 0.3 is 11.9 Å². The van der Waals surface area contributed by atoms with E-state index in [1.54, 1.807) is 11.8 Å². The van der Waals surface area contributed by atoms with Crippen LogP contribution in [0.5, 0.6) is 0 Å². The lowest BCUT2D eigenvalue weighted by Crippen LogP contribution is -2.46. The van der Waals surface area contributed by atoms with Crippen LogP contribution in [0.15, 0.2) is 54.6 Å². The van der Waals surface area contributed by atoms with Crippen molar-refractivity contribution in [1.29, 1.82) is 0 Å². The van der Waals surface area contributed by atoms with E-state index in [9.17, 15) is 24.6 Å². The lowest BCUT2D eigenvalue weighted by molar-refractivity contribution is -0.143. The molecule has 2 aromatic carbocycles. The second-order valence-corrected chi connectivity index (χ2v) is 8.47. The standard InChI is InChI=1S/C25H30N2O5/c1-17(24(29)30)14-21(26-23(28)16-27-13-5-8-22(27)25(31)32)15-18-9-11-20(12-10-18)19-6-3-2-4-7-19/h2-4,6-7,9-12,17,21-22H,5,8,13-16H2,1H3,(H,26,28)(H,29,30)(H,31,32)/t17-,21?,22+/m1/s1. The van der Waals surface area contributed by atoms with Gasteiger partial charge in [-0.2, -0.15) is 0 Å². The molecule has 3 atom stereocenters. The molecule has 1 heterocycles. The zero-order chi connectivity index (χ0) is 23.1. The highest BCUT2D eigenvalue weighted by Gasteiger charge is 2.32. The highest BCUT2D eigenvalue weighted by atomic mass is 16.4. The predicted octanol–water partition coefficient (Wildman–Crippen LogP) is 3.04. The first-order chi connectivity index (χ1) is 15.3. The van der Waals surface area contributed by atoms with Crippen molar-refractivity contribution >= 4 is 17.8 Å². The van der Waals surface area contributed by atoms with Gasteiger partial charge in [0.15, 0.2) is 0 Å². The van der Waals surface area contributed by atoms with Crippen LogP contribution in [0.2, 0.25) is 0 Å². The molecule has 0 saturated carbocycles. The number of carboxylic acids is 2. The summed E-state index contributed by atoms with van der Waals surface area (Å²) in [5.41, 5.74) is 3.20. The van der Waals surface area contributed by atoms with Gasteiger partial charge in [-0.3, -0.25) is 19.3 Å². The molecule has 1 unspecified atom stereocenters. The molecule has 1 amide bonds. The normalized spacial score (nSPS) is 18.1. The minimum atomic E-state index is -0.912. The summed E-state index contributed by atoms with van der Waals surface area (Å²) in [7, 11) is 0. The first-order valence-corrected chi connectivity index (χ1v) is 11.0. The van der Waals surface area contributed by atoms with Crippen LogP contribution in [-0.2, 0) is 20.8 Å². The summed E-state index contributed by atoms with van der Waals surface area (Å²) in [4.78, 5) is 37.1. The highest BCUT2D eigenvalue weighted by Crippen LogP contribution is 2.21. The van der Waals surface area contributed by atoms with Crippen LogP contribution in [0.4, 0.5) is 0 Å². The number of carboxylic acid groups (broad SMARTS) is 2. The fourth-order valence-electron chi connectivity index (χ4n) is 4.22. The topological polar surface area (TPSA) is 107 Å². The number of hydrogen-bond acceptors (Lipinski definition) is 4. The smallest absolute Gasteiger partial charge is 0.320 e. The number of amides is 1. The van der Waals surface area contributed by atoms with E-state index in [1.165, 1.54) is 0 Å². The number of carbonyl (C=O) groups excluding carboxylic acids is 1. The Morgan fingerprint density at radius 1 is 1.03 bits per heavy atom. The van der Waals surface area contributed by atoms with Crippen molar-refractivity contribution in [2.24, 2.45) is 5.92 Å². The maximum atomic E-state index is 12.7. The molecule has 7 nitrogen and oxygen atoms in total. The molecule has 1 saturated heterocycles. The third-order valence-electron chi connectivity index (χ3n) is 5.96. The van der Waals surface area contributed by atoms with Gasteiger partial charge in [-0.25, -0.2) is 0 Å². The van der Waals surface area contributed by atoms with Gasteiger partial charge in [0.25, 0.3) is 0 Å². The molecule has 3 rings (SSSR count). The number of carbonyl (C=O) groups is 3. The van der Waals surface area contributed by atoms with Crippen molar-refractivity contribution in [3.63, 3.8) is 0 Å². The van der Waals surface area contributed by atoms with Crippen LogP contribution in [0.3, 0.4) is 0 Å². The van der Waals surface area contributed by atoms with Gasteiger partial charge in [-0.1, -0.05) is 61.5 Å². The number of rotatable bonds is 10. The number of nitrogens with zero attached hydrogens (tertiary/aromatic N) is 1. The van der Waals surface area contributed by atoms with Crippen molar-refractivity contribution in [3.8, 4) is 11.1 Å². The van der Waals surface area contributed by atoms with E-state index >= 15 is 0 Å². The number of likely N-dealkylation sites (tertiary alicyclic amines) is 1. The third-order valence-corrected chi connectivity index (χ3v) is 5.96. The Morgan fingerprint density at radius 2 is 1.69 bits per heavy atom. The quantitative estimate of drug-likeness (QED) is 0.526. The monoisotopic (exact) mass is 438 g/mol. The molecule has 170 valence electrons. The molecule has 0 radical (unpaired) electrons. The zero-order valence-corrected chi connectivity index (χ0v) is 18.2. The van der Waals surface area contributed by atoms with Crippen LogP contribution in [-0.4, -0.2) is 58.1 Å². The molecule has 3 N–H and O–H groups in total. The summed E-state index contributed by atoms with van der Waals surface area (Å²) in [6.07, 6.45) is 2.08. The van der Waals surface area contributed by atoms with Gasteiger partial charge in [-0.15, -0.1) is 0 Å². The SMILES string of the molecule is C[C@H](CC(Cc1ccc(-c2ccccc2)cc1)NC(=O)CN1CCC[C@H]1C(=O)O)C(=O)O. The summed E-state index contributed by atoms with van der Waals surface area (Å²) >= 11 is 0. The van der Waals surface area contributed by atoms with Crippen molar-refractivity contribution in [2.45, 2.75) is 44.7 Å². The van der Waals surface area contributed by atoms with Crippen molar-refractivity contribution < 1.29 is 24.6 Å². The Hall–Kier alpha value is -3.19. The average molecular weight is 439 g/mol. The minimum Gasteiger partial charge on any atom is -0.481 e. The van der Waals surface area contributed by atoms with Crippen LogP contribution < -0.4 is 5.32 Å². The van der Waals surface area contributed by atoms with E-state index in [1.807, 2.05) is 54.6 Å². The largest absolute Gasteiger partial charge is 0.481 e. The third kappa shape index (κ3) is 6.40. The molecule has 1 aliphatic heterocycles. The van der Waals surface area contributed by atoms with Gasteiger partial charge in [0.05, 0.1) is 12.5 Å². The molecule has 0 spiro atoms. The van der Waals surface area contributed by atoms with Gasteiger partial charge in [-0.05, 0) is 48.9 Å². The van der Waals surface area contributed by atoms with E-state index < -0.39 is 23.9 Å². The van der Waals surface area contributed by atoms with Crippen molar-refractivity contribution in [1.82, 2.24) is 10.2 Å². The van der Waals surface area contributed by atoms with Gasteiger partial charge in [0, 0.05) is 6.04 Å². The van der Waals surface area contributed by atoms with E-state index in [-0.39, 0.29) is 18.5 Å². The predicted molar refractivity (Wildman–Crippen MR) is 121 cm³/mol.